The zero-order valence-corrected chi connectivity index (χ0v) is 16.0. The summed E-state index contributed by atoms with van der Waals surface area (Å²) in [6, 6.07) is 10.0. The Labute approximate surface area is 167 Å². The highest BCUT2D eigenvalue weighted by Gasteiger charge is 2.49. The highest BCUT2D eigenvalue weighted by atomic mass is 16.4. The maximum absolute atomic E-state index is 13.4. The summed E-state index contributed by atoms with van der Waals surface area (Å²) in [6.45, 7) is 1.31. The van der Waals surface area contributed by atoms with Gasteiger partial charge in [0.1, 0.15) is 22.9 Å². The van der Waals surface area contributed by atoms with Crippen LogP contribution in [0.3, 0.4) is 0 Å². The van der Waals surface area contributed by atoms with E-state index in [1.807, 2.05) is 36.4 Å². The Morgan fingerprint density at radius 1 is 1.14 bits per heavy atom. The maximum Gasteiger partial charge on any atom is 0.325 e. The number of nitrogens with zero attached hydrogens (tertiary/aromatic N) is 1. The van der Waals surface area contributed by atoms with Crippen LogP contribution >= 0.6 is 0 Å². The number of amides is 1. The number of aliphatic hydroxyl groups is 1. The number of carbonyl (C=O) groups excluding carboxylic acids is 2. The van der Waals surface area contributed by atoms with Crippen molar-refractivity contribution in [2.24, 2.45) is 0 Å². The van der Waals surface area contributed by atoms with E-state index in [2.05, 4.69) is 5.32 Å². The van der Waals surface area contributed by atoms with Crippen molar-refractivity contribution < 1.29 is 24.6 Å². The van der Waals surface area contributed by atoms with Crippen molar-refractivity contribution in [3.8, 4) is 11.1 Å². The molecule has 1 fully saturated rings. The smallest absolute Gasteiger partial charge is 0.325 e. The third-order valence-corrected chi connectivity index (χ3v) is 5.93. The zero-order chi connectivity index (χ0) is 20.8. The molecule has 1 atom stereocenters. The number of fused-ring (bicyclic) bond motifs is 2. The number of nitrogens with one attached hydrogen (secondary N) is 1. The van der Waals surface area contributed by atoms with E-state index in [1.165, 1.54) is 6.92 Å². The number of allylic oxidation sites excluding steroid dienone is 1. The van der Waals surface area contributed by atoms with E-state index in [0.29, 0.717) is 24.1 Å². The van der Waals surface area contributed by atoms with Crippen LogP contribution in [0, 0.1) is 0 Å². The lowest BCUT2D eigenvalue weighted by molar-refractivity contribution is -0.140. The number of Topliss-reactive ketones (excluding diaryl/α,β-unsaturated/α-hetero) is 1. The van der Waals surface area contributed by atoms with E-state index in [0.717, 1.165) is 18.4 Å². The summed E-state index contributed by atoms with van der Waals surface area (Å²) in [5, 5.41) is 22.5. The summed E-state index contributed by atoms with van der Waals surface area (Å²) >= 11 is 0. The molecule has 1 spiro atoms. The first-order valence-electron chi connectivity index (χ1n) is 9.66. The van der Waals surface area contributed by atoms with Gasteiger partial charge >= 0.3 is 5.97 Å². The van der Waals surface area contributed by atoms with Gasteiger partial charge in [-0.25, -0.2) is 0 Å². The van der Waals surface area contributed by atoms with Crippen molar-refractivity contribution >= 4 is 17.7 Å². The van der Waals surface area contributed by atoms with Crippen LogP contribution in [0.15, 0.2) is 53.9 Å². The van der Waals surface area contributed by atoms with Gasteiger partial charge < -0.3 is 20.1 Å². The quantitative estimate of drug-likeness (QED) is 0.691. The van der Waals surface area contributed by atoms with Crippen molar-refractivity contribution in [1.29, 1.82) is 0 Å². The highest BCUT2D eigenvalue weighted by molar-refractivity contribution is 6.28. The van der Waals surface area contributed by atoms with Crippen LogP contribution < -0.4 is 5.32 Å². The Balaban J connectivity index is 1.87. The van der Waals surface area contributed by atoms with Gasteiger partial charge in [-0.3, -0.25) is 14.4 Å². The summed E-state index contributed by atoms with van der Waals surface area (Å²) in [4.78, 5) is 37.3. The number of ketones is 1. The zero-order valence-electron chi connectivity index (χ0n) is 16.0. The Morgan fingerprint density at radius 3 is 2.41 bits per heavy atom. The SMILES string of the molecule is C[C@H](NC(=O)C1=C(O)C2(CCCC2)n2ccc(-c3ccccc3)c2C1=O)C(=O)O. The average Bonchev–Trinajstić information content (AvgIpc) is 3.35. The number of carboxylic acid groups (broad SMARTS) is 1. The molecule has 1 aromatic heterocycles. The minimum atomic E-state index is -1.22. The topological polar surface area (TPSA) is 109 Å². The second-order valence-corrected chi connectivity index (χ2v) is 7.64. The Bertz CT molecular complexity index is 1030. The van der Waals surface area contributed by atoms with Gasteiger partial charge in [-0.2, -0.15) is 0 Å². The van der Waals surface area contributed by atoms with E-state index in [1.54, 1.807) is 10.8 Å². The van der Waals surface area contributed by atoms with Gasteiger partial charge in [-0.15, -0.1) is 0 Å². The Hall–Kier alpha value is -3.35. The van der Waals surface area contributed by atoms with Gasteiger partial charge in [-0.05, 0) is 31.4 Å². The predicted molar refractivity (Wildman–Crippen MR) is 106 cm³/mol. The summed E-state index contributed by atoms with van der Waals surface area (Å²) < 4.78 is 1.80. The Kier molecular flexibility index (Phi) is 4.53. The fourth-order valence-electron chi connectivity index (χ4n) is 4.42. The first kappa shape index (κ1) is 19.0. The minimum Gasteiger partial charge on any atom is -0.509 e. The molecule has 2 heterocycles. The molecule has 0 unspecified atom stereocenters. The predicted octanol–water partition coefficient (Wildman–Crippen LogP) is 3.02. The van der Waals surface area contributed by atoms with Gasteiger partial charge in [0.25, 0.3) is 5.91 Å². The van der Waals surface area contributed by atoms with E-state index >= 15 is 0 Å². The van der Waals surface area contributed by atoms with Gasteiger partial charge in [-0.1, -0.05) is 43.2 Å². The van der Waals surface area contributed by atoms with Crippen LogP contribution in [-0.2, 0) is 15.1 Å². The van der Waals surface area contributed by atoms with Gasteiger partial charge in [0.05, 0.1) is 5.69 Å². The largest absolute Gasteiger partial charge is 0.509 e. The van der Waals surface area contributed by atoms with E-state index in [4.69, 9.17) is 5.11 Å². The molecule has 1 aliphatic carbocycles. The molecule has 2 aliphatic rings. The maximum atomic E-state index is 13.4. The first-order chi connectivity index (χ1) is 13.9. The molecule has 4 rings (SSSR count). The third-order valence-electron chi connectivity index (χ3n) is 5.93. The summed E-state index contributed by atoms with van der Waals surface area (Å²) in [7, 11) is 0. The molecule has 1 amide bonds. The number of rotatable bonds is 4. The monoisotopic (exact) mass is 394 g/mol. The summed E-state index contributed by atoms with van der Waals surface area (Å²) in [5.41, 5.74) is 0.663. The molecule has 150 valence electrons. The normalized spacial score (nSPS) is 18.6. The van der Waals surface area contributed by atoms with Crippen LogP contribution in [0.1, 0.15) is 43.1 Å². The number of hydrogen-bond acceptors (Lipinski definition) is 4. The molecule has 0 saturated heterocycles. The number of hydrogen-bond donors (Lipinski definition) is 3. The third kappa shape index (κ3) is 2.85. The molecular weight excluding hydrogens is 372 g/mol. The number of benzene rings is 1. The van der Waals surface area contributed by atoms with Crippen LogP contribution in [0.2, 0.25) is 0 Å². The molecule has 1 saturated carbocycles. The molecule has 2 aromatic rings. The lowest BCUT2D eigenvalue weighted by Gasteiger charge is -2.37. The standard InChI is InChI=1S/C22H22N2O5/c1-13(21(28)29)23-20(27)16-18(25)17-15(14-7-3-2-4-8-14)9-12-24(17)22(19(16)26)10-5-6-11-22/h2-4,7-9,12-13,26H,5-6,10-11H2,1H3,(H,23,27)(H,28,29)/t13-/m0/s1. The van der Waals surface area contributed by atoms with Crippen molar-refractivity contribution in [2.45, 2.75) is 44.2 Å². The summed E-state index contributed by atoms with van der Waals surface area (Å²) in [6.07, 6.45) is 4.72. The summed E-state index contributed by atoms with van der Waals surface area (Å²) in [5.74, 6) is -2.94. The number of carboxylic acids is 1. The first-order valence-corrected chi connectivity index (χ1v) is 9.66. The lowest BCUT2D eigenvalue weighted by atomic mass is 9.84. The van der Waals surface area contributed by atoms with Gasteiger partial charge in [0.15, 0.2) is 0 Å². The molecule has 0 radical (unpaired) electrons. The number of carbonyl (C=O) groups is 3. The van der Waals surface area contributed by atoms with E-state index in [9.17, 15) is 19.5 Å². The Morgan fingerprint density at radius 2 is 1.79 bits per heavy atom. The lowest BCUT2D eigenvalue weighted by Crippen LogP contribution is -2.46. The van der Waals surface area contributed by atoms with E-state index in [-0.39, 0.29) is 11.3 Å². The number of aliphatic hydroxyl groups excluding tert-OH is 1. The fourth-order valence-corrected chi connectivity index (χ4v) is 4.42. The van der Waals surface area contributed by atoms with Crippen LogP contribution in [0.25, 0.3) is 11.1 Å². The number of aromatic nitrogens is 1. The van der Waals surface area contributed by atoms with Crippen molar-refractivity contribution in [1.82, 2.24) is 9.88 Å². The molecule has 7 heteroatoms. The second-order valence-electron chi connectivity index (χ2n) is 7.64. The van der Waals surface area contributed by atoms with E-state index < -0.39 is 29.2 Å². The van der Waals surface area contributed by atoms with Crippen molar-refractivity contribution in [3.05, 3.63) is 59.6 Å². The second kappa shape index (κ2) is 6.92. The van der Waals surface area contributed by atoms with Crippen LogP contribution in [-0.4, -0.2) is 38.5 Å². The average molecular weight is 394 g/mol. The molecule has 1 aliphatic heterocycles. The van der Waals surface area contributed by atoms with Gasteiger partial charge in [0.2, 0.25) is 5.78 Å². The van der Waals surface area contributed by atoms with Crippen molar-refractivity contribution in [2.75, 3.05) is 0 Å². The number of aliphatic carboxylic acids is 1. The van der Waals surface area contributed by atoms with Crippen LogP contribution in [0.4, 0.5) is 0 Å². The highest BCUT2D eigenvalue weighted by Crippen LogP contribution is 2.48. The molecular formula is C22H22N2O5. The molecule has 3 N–H and O–H groups in total. The van der Waals surface area contributed by atoms with Crippen LogP contribution in [0.5, 0.6) is 0 Å². The van der Waals surface area contributed by atoms with Gasteiger partial charge in [0, 0.05) is 11.8 Å². The van der Waals surface area contributed by atoms with Crippen molar-refractivity contribution in [3.63, 3.8) is 0 Å². The molecule has 0 bridgehead atoms. The minimum absolute atomic E-state index is 0.266. The fraction of sp³-hybridized carbons (Fsp3) is 0.318. The molecule has 7 nitrogen and oxygen atoms in total. The molecule has 29 heavy (non-hydrogen) atoms. The molecule has 1 aromatic carbocycles.